The Labute approximate surface area is 123 Å². The number of hydrogen-bond acceptors (Lipinski definition) is 3. The van der Waals surface area contributed by atoms with Gasteiger partial charge < -0.3 is 5.32 Å². The zero-order chi connectivity index (χ0) is 13.8. The van der Waals surface area contributed by atoms with Crippen LogP contribution < -0.4 is 5.32 Å². The fourth-order valence-corrected chi connectivity index (χ4v) is 2.61. The first-order valence-corrected chi connectivity index (χ1v) is 7.33. The Hall–Kier alpha value is -1.27. The monoisotopic (exact) mass is 342 g/mol. The topological polar surface area (TPSA) is 42.0 Å². The fourth-order valence-electron chi connectivity index (χ4n) is 1.59. The maximum Gasteiger partial charge on any atom is 0.226 e. The number of aryl methyl sites for hydroxylation is 1. The molecule has 2 aromatic rings. The number of halogens is 2. The summed E-state index contributed by atoms with van der Waals surface area (Å²) in [5, 5.41) is 5.48. The number of nitrogens with one attached hydrogen (secondary N) is 1. The van der Waals surface area contributed by atoms with Gasteiger partial charge in [0.15, 0.2) is 0 Å². The van der Waals surface area contributed by atoms with E-state index in [-0.39, 0.29) is 24.7 Å². The molecule has 3 nitrogen and oxygen atoms in total. The first-order chi connectivity index (χ1) is 9.04. The molecule has 1 aromatic carbocycles. The molecule has 19 heavy (non-hydrogen) atoms. The molecule has 1 N–H and O–H groups in total. The average molecular weight is 343 g/mol. The van der Waals surface area contributed by atoms with E-state index in [1.54, 1.807) is 12.1 Å². The Morgan fingerprint density at radius 1 is 1.53 bits per heavy atom. The molecule has 0 aliphatic heterocycles. The first-order valence-electron chi connectivity index (χ1n) is 5.66. The highest BCUT2D eigenvalue weighted by Crippen LogP contribution is 2.15. The lowest BCUT2D eigenvalue weighted by atomic mass is 10.2. The van der Waals surface area contributed by atoms with Gasteiger partial charge in [0.1, 0.15) is 5.82 Å². The molecular weight excluding hydrogens is 331 g/mol. The molecule has 0 bridgehead atoms. The lowest BCUT2D eigenvalue weighted by molar-refractivity contribution is -0.120. The van der Waals surface area contributed by atoms with E-state index in [1.165, 1.54) is 17.4 Å². The van der Waals surface area contributed by atoms with Gasteiger partial charge in [-0.2, -0.15) is 0 Å². The van der Waals surface area contributed by atoms with E-state index in [0.29, 0.717) is 5.56 Å². The summed E-state index contributed by atoms with van der Waals surface area (Å²) in [6, 6.07) is 4.65. The van der Waals surface area contributed by atoms with Crippen LogP contribution in [0.25, 0.3) is 0 Å². The first kappa shape index (κ1) is 14.1. The summed E-state index contributed by atoms with van der Waals surface area (Å²) in [6.45, 7) is 2.07. The van der Waals surface area contributed by atoms with Gasteiger partial charge in [0, 0.05) is 22.0 Å². The molecule has 0 saturated heterocycles. The Balaban J connectivity index is 1.91. The minimum Gasteiger partial charge on any atom is -0.352 e. The number of carbonyl (C=O) groups is 1. The molecule has 0 spiro atoms. The maximum atomic E-state index is 13.5. The second-order valence-corrected chi connectivity index (χ2v) is 6.03. The Bertz CT molecular complexity index is 600. The van der Waals surface area contributed by atoms with E-state index in [2.05, 4.69) is 26.2 Å². The minimum absolute atomic E-state index is 0.162. The summed E-state index contributed by atoms with van der Waals surface area (Å²) in [5.74, 6) is -0.488. The van der Waals surface area contributed by atoms with Crippen LogP contribution in [0.2, 0.25) is 0 Å². The van der Waals surface area contributed by atoms with Crippen molar-refractivity contribution in [2.24, 2.45) is 0 Å². The van der Waals surface area contributed by atoms with Gasteiger partial charge >= 0.3 is 0 Å². The Morgan fingerprint density at radius 2 is 2.32 bits per heavy atom. The average Bonchev–Trinajstić information content (AvgIpc) is 2.76. The van der Waals surface area contributed by atoms with Crippen LogP contribution in [0.4, 0.5) is 4.39 Å². The number of thiazole rings is 1. The van der Waals surface area contributed by atoms with Gasteiger partial charge in [0.05, 0.1) is 17.1 Å². The maximum absolute atomic E-state index is 13.5. The van der Waals surface area contributed by atoms with Crippen LogP contribution in [0.3, 0.4) is 0 Å². The predicted octanol–water partition coefficient (Wildman–Crippen LogP) is 3.21. The molecule has 2 rings (SSSR count). The summed E-state index contributed by atoms with van der Waals surface area (Å²) in [6.07, 6.45) is 0.222. The summed E-state index contributed by atoms with van der Waals surface area (Å²) in [4.78, 5) is 15.9. The highest BCUT2D eigenvalue weighted by molar-refractivity contribution is 9.10. The van der Waals surface area contributed by atoms with Crippen LogP contribution in [0.15, 0.2) is 28.1 Å². The van der Waals surface area contributed by atoms with E-state index in [9.17, 15) is 9.18 Å². The summed E-state index contributed by atoms with van der Waals surface area (Å²) in [5.41, 5.74) is 1.20. The predicted molar refractivity (Wildman–Crippen MR) is 76.5 cm³/mol. The van der Waals surface area contributed by atoms with Crippen LogP contribution in [0.5, 0.6) is 0 Å². The molecule has 1 amide bonds. The van der Waals surface area contributed by atoms with Crippen molar-refractivity contribution in [3.05, 3.63) is 50.1 Å². The van der Waals surface area contributed by atoms with Crippen LogP contribution in [-0.4, -0.2) is 10.9 Å². The molecule has 1 aromatic heterocycles. The molecule has 1 heterocycles. The molecule has 0 fully saturated rings. The lowest BCUT2D eigenvalue weighted by Crippen LogP contribution is -2.25. The molecule has 0 unspecified atom stereocenters. The standard InChI is InChI=1S/C13H12BrFN2OS/c1-8-17-11(7-19-8)5-13(18)16-6-9-4-10(14)2-3-12(9)15/h2-4,7H,5-6H2,1H3,(H,16,18). The molecular formula is C13H12BrFN2OS. The summed E-state index contributed by atoms with van der Waals surface area (Å²) in [7, 11) is 0. The molecule has 0 radical (unpaired) electrons. The van der Waals surface area contributed by atoms with Gasteiger partial charge in [-0.15, -0.1) is 11.3 Å². The molecule has 0 saturated carbocycles. The smallest absolute Gasteiger partial charge is 0.226 e. The van der Waals surface area contributed by atoms with Gasteiger partial charge in [0.2, 0.25) is 5.91 Å². The van der Waals surface area contributed by atoms with E-state index in [1.807, 2.05) is 12.3 Å². The summed E-state index contributed by atoms with van der Waals surface area (Å²) < 4.78 is 14.3. The normalized spacial score (nSPS) is 10.5. The number of nitrogens with zero attached hydrogens (tertiary/aromatic N) is 1. The number of rotatable bonds is 4. The second-order valence-electron chi connectivity index (χ2n) is 4.05. The van der Waals surface area contributed by atoms with Gasteiger partial charge in [-0.25, -0.2) is 9.37 Å². The number of benzene rings is 1. The number of hydrogen-bond donors (Lipinski definition) is 1. The number of carbonyl (C=O) groups excluding carboxylic acids is 1. The van der Waals surface area contributed by atoms with Crippen LogP contribution >= 0.6 is 27.3 Å². The molecule has 100 valence electrons. The van der Waals surface area contributed by atoms with Crippen molar-refractivity contribution in [1.29, 1.82) is 0 Å². The zero-order valence-corrected chi connectivity index (χ0v) is 12.6. The van der Waals surface area contributed by atoms with Gasteiger partial charge in [0.25, 0.3) is 0 Å². The van der Waals surface area contributed by atoms with Crippen LogP contribution in [0.1, 0.15) is 16.3 Å². The minimum atomic E-state index is -0.326. The largest absolute Gasteiger partial charge is 0.352 e. The van der Waals surface area contributed by atoms with Crippen molar-refractivity contribution in [3.8, 4) is 0 Å². The van der Waals surface area contributed by atoms with E-state index in [4.69, 9.17) is 0 Å². The van der Waals surface area contributed by atoms with E-state index >= 15 is 0 Å². The third kappa shape index (κ3) is 4.11. The van der Waals surface area contributed by atoms with Crippen molar-refractivity contribution in [1.82, 2.24) is 10.3 Å². The van der Waals surface area contributed by atoms with Crippen molar-refractivity contribution < 1.29 is 9.18 Å². The SMILES string of the molecule is Cc1nc(CC(=O)NCc2cc(Br)ccc2F)cs1. The highest BCUT2D eigenvalue weighted by atomic mass is 79.9. The molecule has 0 aliphatic carbocycles. The lowest BCUT2D eigenvalue weighted by Gasteiger charge is -2.06. The van der Waals surface area contributed by atoms with E-state index < -0.39 is 0 Å². The second kappa shape index (κ2) is 6.25. The van der Waals surface area contributed by atoms with Crippen molar-refractivity contribution in [3.63, 3.8) is 0 Å². The van der Waals surface area contributed by atoms with Crippen molar-refractivity contribution in [2.75, 3.05) is 0 Å². The van der Waals surface area contributed by atoms with Crippen molar-refractivity contribution in [2.45, 2.75) is 19.9 Å². The van der Waals surface area contributed by atoms with Gasteiger partial charge in [-0.3, -0.25) is 4.79 Å². The number of amides is 1. The van der Waals surface area contributed by atoms with Crippen LogP contribution in [-0.2, 0) is 17.8 Å². The van der Waals surface area contributed by atoms with Gasteiger partial charge in [-0.05, 0) is 25.1 Å². The van der Waals surface area contributed by atoms with Crippen molar-refractivity contribution >= 4 is 33.2 Å². The third-order valence-corrected chi connectivity index (χ3v) is 3.81. The third-order valence-electron chi connectivity index (χ3n) is 2.49. The van der Waals surface area contributed by atoms with Crippen LogP contribution in [0, 0.1) is 12.7 Å². The van der Waals surface area contributed by atoms with Gasteiger partial charge in [-0.1, -0.05) is 15.9 Å². The Kier molecular flexibility index (Phi) is 4.66. The van der Waals surface area contributed by atoms with E-state index in [0.717, 1.165) is 15.2 Å². The highest BCUT2D eigenvalue weighted by Gasteiger charge is 2.08. The number of aromatic nitrogens is 1. The fraction of sp³-hybridized carbons (Fsp3) is 0.231. The quantitative estimate of drug-likeness (QED) is 0.926. The molecule has 0 atom stereocenters. The molecule has 0 aliphatic rings. The zero-order valence-electron chi connectivity index (χ0n) is 10.2. The molecule has 6 heteroatoms. The Morgan fingerprint density at radius 3 is 3.00 bits per heavy atom. The summed E-state index contributed by atoms with van der Waals surface area (Å²) >= 11 is 4.78.